The van der Waals surface area contributed by atoms with Crippen LogP contribution in [-0.2, 0) is 29.4 Å². The number of rotatable bonds is 5. The van der Waals surface area contributed by atoms with Crippen LogP contribution in [0, 0.1) is 11.6 Å². The summed E-state index contributed by atoms with van der Waals surface area (Å²) in [6.07, 6.45) is 3.64. The Hall–Kier alpha value is -2.13. The Bertz CT molecular complexity index is 958. The van der Waals surface area contributed by atoms with Crippen molar-refractivity contribution < 1.29 is 17.2 Å². The molecule has 0 amide bonds. The molecule has 0 atom stereocenters. The summed E-state index contributed by atoms with van der Waals surface area (Å²) in [5.41, 5.74) is 1.48. The molecule has 1 aromatic carbocycles. The van der Waals surface area contributed by atoms with Gasteiger partial charge in [0.2, 0.25) is 10.0 Å². The first-order valence-corrected chi connectivity index (χ1v) is 9.40. The Morgan fingerprint density at radius 2 is 1.92 bits per heavy atom. The minimum absolute atomic E-state index is 0.00226. The molecule has 9 heteroatoms. The fourth-order valence-corrected chi connectivity index (χ4v) is 3.92. The number of fused-ring (bicyclic) bond motifs is 1. The lowest BCUT2D eigenvalue weighted by Gasteiger charge is -2.16. The van der Waals surface area contributed by atoms with Gasteiger partial charge in [0.15, 0.2) is 0 Å². The molecule has 0 spiro atoms. The number of nitrogens with one attached hydrogen (secondary N) is 1. The number of benzene rings is 1. The molecule has 1 aromatic heterocycles. The maximum atomic E-state index is 13.6. The molecule has 0 saturated heterocycles. The van der Waals surface area contributed by atoms with Gasteiger partial charge in [-0.3, -0.25) is 4.79 Å². The average molecular weight is 369 g/mol. The summed E-state index contributed by atoms with van der Waals surface area (Å²) >= 11 is 0. The highest BCUT2D eigenvalue weighted by atomic mass is 32.2. The first kappa shape index (κ1) is 17.7. The molecule has 25 heavy (non-hydrogen) atoms. The van der Waals surface area contributed by atoms with Crippen LogP contribution >= 0.6 is 0 Å². The van der Waals surface area contributed by atoms with Crippen molar-refractivity contribution in [3.05, 3.63) is 57.5 Å². The monoisotopic (exact) mass is 369 g/mol. The zero-order valence-electron chi connectivity index (χ0n) is 13.3. The van der Waals surface area contributed by atoms with Crippen molar-refractivity contribution in [3.63, 3.8) is 0 Å². The van der Waals surface area contributed by atoms with E-state index in [0.717, 1.165) is 49.1 Å². The molecular formula is C16H17F2N3O3S. The van der Waals surface area contributed by atoms with Crippen LogP contribution in [0.2, 0.25) is 0 Å². The Morgan fingerprint density at radius 3 is 2.72 bits per heavy atom. The largest absolute Gasteiger partial charge is 0.268 e. The van der Waals surface area contributed by atoms with Crippen molar-refractivity contribution in [1.82, 2.24) is 14.5 Å². The molecule has 1 N–H and O–H groups in total. The van der Waals surface area contributed by atoms with Gasteiger partial charge in [-0.15, -0.1) is 0 Å². The van der Waals surface area contributed by atoms with Crippen molar-refractivity contribution >= 4 is 10.0 Å². The van der Waals surface area contributed by atoms with Crippen LogP contribution in [0.15, 0.2) is 34.0 Å². The normalized spacial score (nSPS) is 14.3. The van der Waals surface area contributed by atoms with E-state index in [1.54, 1.807) is 0 Å². The van der Waals surface area contributed by atoms with Crippen LogP contribution in [0.3, 0.4) is 0 Å². The molecule has 1 aliphatic carbocycles. The molecule has 0 radical (unpaired) electrons. The summed E-state index contributed by atoms with van der Waals surface area (Å²) in [4.78, 5) is 11.3. The van der Waals surface area contributed by atoms with Crippen LogP contribution in [0.5, 0.6) is 0 Å². The van der Waals surface area contributed by atoms with Crippen molar-refractivity contribution in [1.29, 1.82) is 0 Å². The van der Waals surface area contributed by atoms with Crippen molar-refractivity contribution in [2.24, 2.45) is 0 Å². The van der Waals surface area contributed by atoms with E-state index in [-0.39, 0.29) is 18.6 Å². The Labute approximate surface area is 143 Å². The molecule has 0 aliphatic heterocycles. The Kier molecular flexibility index (Phi) is 4.96. The molecule has 0 bridgehead atoms. The molecule has 3 rings (SSSR count). The highest BCUT2D eigenvalue weighted by molar-refractivity contribution is 7.89. The summed E-state index contributed by atoms with van der Waals surface area (Å²) in [6, 6.07) is 3.73. The second-order valence-corrected chi connectivity index (χ2v) is 7.59. The standard InChI is InChI=1S/C16H17F2N3O3S/c17-12-5-6-13(18)15(10-12)25(23,24)19-7-8-21-16(22)9-11-3-1-2-4-14(11)20-21/h5-6,9-10,19H,1-4,7-8H2. The summed E-state index contributed by atoms with van der Waals surface area (Å²) in [7, 11) is -4.22. The second-order valence-electron chi connectivity index (χ2n) is 5.86. The van der Waals surface area contributed by atoms with E-state index >= 15 is 0 Å². The zero-order valence-corrected chi connectivity index (χ0v) is 14.2. The molecule has 0 saturated carbocycles. The smallest absolute Gasteiger partial charge is 0.267 e. The Balaban J connectivity index is 1.72. The second kappa shape index (κ2) is 7.01. The van der Waals surface area contributed by atoms with E-state index in [9.17, 15) is 22.0 Å². The Morgan fingerprint density at radius 1 is 1.16 bits per heavy atom. The van der Waals surface area contributed by atoms with Gasteiger partial charge in [-0.1, -0.05) is 0 Å². The highest BCUT2D eigenvalue weighted by Crippen LogP contribution is 2.17. The lowest BCUT2D eigenvalue weighted by atomic mass is 9.97. The van der Waals surface area contributed by atoms with Crippen molar-refractivity contribution in [3.8, 4) is 0 Å². The first-order chi connectivity index (χ1) is 11.9. The third-order valence-electron chi connectivity index (χ3n) is 4.07. The maximum Gasteiger partial charge on any atom is 0.267 e. The zero-order chi connectivity index (χ0) is 18.0. The number of hydrogen-bond acceptors (Lipinski definition) is 4. The number of nitrogens with zero attached hydrogens (tertiary/aromatic N) is 2. The number of aryl methyl sites for hydroxylation is 2. The van der Waals surface area contributed by atoms with Crippen molar-refractivity contribution in [2.75, 3.05) is 6.54 Å². The molecule has 134 valence electrons. The average Bonchev–Trinajstić information content (AvgIpc) is 2.57. The minimum atomic E-state index is -4.22. The predicted molar refractivity (Wildman–Crippen MR) is 86.7 cm³/mol. The third-order valence-corrected chi connectivity index (χ3v) is 5.55. The summed E-state index contributed by atoms with van der Waals surface area (Å²) < 4.78 is 54.3. The first-order valence-electron chi connectivity index (χ1n) is 7.91. The molecule has 1 aliphatic rings. The van der Waals surface area contributed by atoms with E-state index < -0.39 is 26.6 Å². The number of sulfonamides is 1. The van der Waals surface area contributed by atoms with E-state index in [2.05, 4.69) is 9.82 Å². The quantitative estimate of drug-likeness (QED) is 0.863. The SMILES string of the molecule is O=c1cc2c(nn1CCNS(=O)(=O)c1cc(F)ccc1F)CCCC2. The molecule has 0 fully saturated rings. The van der Waals surface area contributed by atoms with Gasteiger partial charge < -0.3 is 0 Å². The lowest BCUT2D eigenvalue weighted by Crippen LogP contribution is -2.33. The van der Waals surface area contributed by atoms with Gasteiger partial charge in [0.25, 0.3) is 5.56 Å². The van der Waals surface area contributed by atoms with Crippen LogP contribution in [0.4, 0.5) is 8.78 Å². The lowest BCUT2D eigenvalue weighted by molar-refractivity contribution is 0.519. The molecule has 0 unspecified atom stereocenters. The van der Waals surface area contributed by atoms with Gasteiger partial charge in [-0.05, 0) is 49.4 Å². The van der Waals surface area contributed by atoms with Crippen LogP contribution in [0.1, 0.15) is 24.1 Å². The summed E-state index contributed by atoms with van der Waals surface area (Å²) in [5.74, 6) is -1.90. The summed E-state index contributed by atoms with van der Waals surface area (Å²) in [5, 5.41) is 4.27. The molecule has 1 heterocycles. The van der Waals surface area contributed by atoms with E-state index in [4.69, 9.17) is 0 Å². The highest BCUT2D eigenvalue weighted by Gasteiger charge is 2.20. The number of hydrogen-bond donors (Lipinski definition) is 1. The van der Waals surface area contributed by atoms with Gasteiger partial charge in [0, 0.05) is 12.6 Å². The minimum Gasteiger partial charge on any atom is -0.268 e. The maximum absolute atomic E-state index is 13.6. The van der Waals surface area contributed by atoms with Gasteiger partial charge in [0.1, 0.15) is 16.5 Å². The molecule has 6 nitrogen and oxygen atoms in total. The molecular weight excluding hydrogens is 352 g/mol. The predicted octanol–water partition coefficient (Wildman–Crippen LogP) is 1.38. The van der Waals surface area contributed by atoms with Crippen LogP contribution < -0.4 is 10.3 Å². The summed E-state index contributed by atoms with van der Waals surface area (Å²) in [6.45, 7) is -0.160. The van der Waals surface area contributed by atoms with Crippen LogP contribution in [-0.4, -0.2) is 24.7 Å². The number of aromatic nitrogens is 2. The van der Waals surface area contributed by atoms with Crippen LogP contribution in [0.25, 0.3) is 0 Å². The fourth-order valence-electron chi connectivity index (χ4n) is 2.81. The third kappa shape index (κ3) is 3.93. The van der Waals surface area contributed by atoms with Gasteiger partial charge in [-0.25, -0.2) is 26.6 Å². The topological polar surface area (TPSA) is 81.1 Å². The van der Waals surface area contributed by atoms with E-state index in [0.29, 0.717) is 6.07 Å². The van der Waals surface area contributed by atoms with Gasteiger partial charge >= 0.3 is 0 Å². The van der Waals surface area contributed by atoms with Gasteiger partial charge in [-0.2, -0.15) is 5.10 Å². The molecule has 2 aromatic rings. The van der Waals surface area contributed by atoms with E-state index in [1.807, 2.05) is 0 Å². The van der Waals surface area contributed by atoms with Gasteiger partial charge in [0.05, 0.1) is 12.2 Å². The van der Waals surface area contributed by atoms with Crippen molar-refractivity contribution in [2.45, 2.75) is 37.1 Å². The fraction of sp³-hybridized carbons (Fsp3) is 0.375. The number of halogens is 2. The van der Waals surface area contributed by atoms with E-state index in [1.165, 1.54) is 10.7 Å².